The fourth-order valence-corrected chi connectivity index (χ4v) is 5.59. The molecule has 0 saturated carbocycles. The van der Waals surface area contributed by atoms with Gasteiger partial charge in [-0.2, -0.15) is 9.29 Å². The molecular formula is C20H20ClN3O3S. The summed E-state index contributed by atoms with van der Waals surface area (Å²) in [7, 11) is -3.73. The molecule has 1 atom stereocenters. The van der Waals surface area contributed by atoms with Crippen LogP contribution in [0.5, 0.6) is 0 Å². The second-order valence-electron chi connectivity index (χ2n) is 6.96. The zero-order chi connectivity index (χ0) is 19.9. The summed E-state index contributed by atoms with van der Waals surface area (Å²) in [4.78, 5) is 4.69. The van der Waals surface area contributed by atoms with Gasteiger partial charge >= 0.3 is 0 Å². The largest absolute Gasteiger partial charge is 0.337 e. The third-order valence-corrected chi connectivity index (χ3v) is 7.51. The van der Waals surface area contributed by atoms with Crippen molar-refractivity contribution in [3.8, 4) is 11.4 Å². The van der Waals surface area contributed by atoms with Crippen molar-refractivity contribution in [2.75, 3.05) is 6.54 Å². The fourth-order valence-electron chi connectivity index (χ4n) is 3.46. The number of aromatic nitrogens is 2. The number of hydrogen-bond acceptors (Lipinski definition) is 5. The van der Waals surface area contributed by atoms with Crippen LogP contribution in [0.4, 0.5) is 0 Å². The van der Waals surface area contributed by atoms with Crippen molar-refractivity contribution in [1.29, 1.82) is 0 Å². The Balaban J connectivity index is 1.67. The molecule has 1 aliphatic heterocycles. The Morgan fingerprint density at radius 2 is 1.89 bits per heavy atom. The molecular weight excluding hydrogens is 398 g/mol. The molecule has 3 aromatic rings. The molecule has 4 rings (SSSR count). The van der Waals surface area contributed by atoms with Crippen molar-refractivity contribution in [2.45, 2.75) is 37.6 Å². The quantitative estimate of drug-likeness (QED) is 0.623. The zero-order valence-electron chi connectivity index (χ0n) is 15.6. The van der Waals surface area contributed by atoms with E-state index in [1.165, 1.54) is 4.31 Å². The number of hydrogen-bond donors (Lipinski definition) is 0. The van der Waals surface area contributed by atoms with Gasteiger partial charge in [0.25, 0.3) is 0 Å². The molecule has 2 aromatic carbocycles. The summed E-state index contributed by atoms with van der Waals surface area (Å²) >= 11 is 6.14. The van der Waals surface area contributed by atoms with Crippen LogP contribution >= 0.6 is 11.6 Å². The minimum absolute atomic E-state index is 0.213. The number of aryl methyl sites for hydroxylation is 1. The van der Waals surface area contributed by atoms with Crippen LogP contribution in [0.1, 0.15) is 35.9 Å². The molecule has 0 aliphatic carbocycles. The maximum Gasteiger partial charge on any atom is 0.245 e. The molecule has 0 N–H and O–H groups in total. The van der Waals surface area contributed by atoms with Gasteiger partial charge in [0, 0.05) is 17.1 Å². The predicted molar refractivity (Wildman–Crippen MR) is 107 cm³/mol. The minimum atomic E-state index is -3.73. The highest BCUT2D eigenvalue weighted by Gasteiger charge is 2.40. The summed E-state index contributed by atoms with van der Waals surface area (Å²) in [5.41, 5.74) is 2.51. The molecule has 8 heteroatoms. The Bertz CT molecular complexity index is 1110. The van der Waals surface area contributed by atoms with Gasteiger partial charge in [0.05, 0.1) is 4.90 Å². The highest BCUT2D eigenvalue weighted by Crippen LogP contribution is 2.38. The van der Waals surface area contributed by atoms with Crippen LogP contribution in [0.2, 0.25) is 5.02 Å². The minimum Gasteiger partial charge on any atom is -0.337 e. The molecule has 1 aliphatic rings. The van der Waals surface area contributed by atoms with Gasteiger partial charge in [0.15, 0.2) is 0 Å². The Labute approximate surface area is 169 Å². The van der Waals surface area contributed by atoms with E-state index < -0.39 is 16.1 Å². The summed E-state index contributed by atoms with van der Waals surface area (Å²) in [5, 5.41) is 4.48. The maximum absolute atomic E-state index is 13.3. The van der Waals surface area contributed by atoms with Gasteiger partial charge in [0.2, 0.25) is 21.7 Å². The van der Waals surface area contributed by atoms with E-state index in [0.29, 0.717) is 35.3 Å². The first-order valence-corrected chi connectivity index (χ1v) is 10.9. The Hall–Kier alpha value is -2.22. The predicted octanol–water partition coefficient (Wildman–Crippen LogP) is 4.53. The molecule has 28 heavy (non-hydrogen) atoms. The Morgan fingerprint density at radius 3 is 2.64 bits per heavy atom. The topological polar surface area (TPSA) is 76.3 Å². The molecule has 0 radical (unpaired) electrons. The maximum atomic E-state index is 13.3. The van der Waals surface area contributed by atoms with Crippen LogP contribution < -0.4 is 0 Å². The second-order valence-corrected chi connectivity index (χ2v) is 9.23. The van der Waals surface area contributed by atoms with Crippen LogP contribution in [0.3, 0.4) is 0 Å². The van der Waals surface area contributed by atoms with Crippen molar-refractivity contribution in [3.63, 3.8) is 0 Å². The van der Waals surface area contributed by atoms with E-state index in [2.05, 4.69) is 10.1 Å². The van der Waals surface area contributed by atoms with Gasteiger partial charge in [-0.15, -0.1) is 0 Å². The lowest BCUT2D eigenvalue weighted by Crippen LogP contribution is -2.31. The van der Waals surface area contributed by atoms with E-state index in [9.17, 15) is 8.42 Å². The van der Waals surface area contributed by atoms with Gasteiger partial charge < -0.3 is 4.52 Å². The van der Waals surface area contributed by atoms with Crippen molar-refractivity contribution in [1.82, 2.24) is 14.4 Å². The van der Waals surface area contributed by atoms with Crippen molar-refractivity contribution < 1.29 is 12.9 Å². The number of rotatable bonds is 4. The highest BCUT2D eigenvalue weighted by atomic mass is 35.5. The van der Waals surface area contributed by atoms with Crippen LogP contribution in [-0.2, 0) is 10.0 Å². The highest BCUT2D eigenvalue weighted by molar-refractivity contribution is 7.89. The molecule has 0 amide bonds. The number of halogens is 1. The van der Waals surface area contributed by atoms with E-state index in [1.807, 2.05) is 31.2 Å². The number of nitrogens with zero attached hydrogens (tertiary/aromatic N) is 3. The SMILES string of the molecule is Cc1ccc(-c2noc(C3CCCN3S(=O)(=O)c3cccc(Cl)c3C)n2)cc1. The molecule has 1 saturated heterocycles. The van der Waals surface area contributed by atoms with E-state index >= 15 is 0 Å². The second kappa shape index (κ2) is 7.31. The van der Waals surface area contributed by atoms with Gasteiger partial charge in [-0.1, -0.05) is 52.7 Å². The van der Waals surface area contributed by atoms with Crippen molar-refractivity contribution in [3.05, 3.63) is 64.5 Å². The van der Waals surface area contributed by atoms with Crippen molar-refractivity contribution >= 4 is 21.6 Å². The van der Waals surface area contributed by atoms with Gasteiger partial charge in [-0.3, -0.25) is 0 Å². The molecule has 6 nitrogen and oxygen atoms in total. The summed E-state index contributed by atoms with van der Waals surface area (Å²) in [6, 6.07) is 12.2. The summed E-state index contributed by atoms with van der Waals surface area (Å²) in [6.45, 7) is 4.12. The third kappa shape index (κ3) is 3.34. The van der Waals surface area contributed by atoms with Gasteiger partial charge in [-0.25, -0.2) is 8.42 Å². The molecule has 1 fully saturated rings. The molecule has 1 aromatic heterocycles. The average Bonchev–Trinajstić information content (AvgIpc) is 3.33. The molecule has 0 spiro atoms. The summed E-state index contributed by atoms with van der Waals surface area (Å²) < 4.78 is 33.5. The molecule has 146 valence electrons. The van der Waals surface area contributed by atoms with Crippen molar-refractivity contribution in [2.24, 2.45) is 0 Å². The smallest absolute Gasteiger partial charge is 0.245 e. The molecule has 1 unspecified atom stereocenters. The lowest BCUT2D eigenvalue weighted by Gasteiger charge is -2.22. The van der Waals surface area contributed by atoms with Crippen LogP contribution in [0.15, 0.2) is 51.9 Å². The van der Waals surface area contributed by atoms with E-state index in [1.54, 1.807) is 25.1 Å². The fraction of sp³-hybridized carbons (Fsp3) is 0.300. The third-order valence-electron chi connectivity index (χ3n) is 5.04. The summed E-state index contributed by atoms with van der Waals surface area (Å²) in [6.07, 6.45) is 1.36. The normalized spacial score (nSPS) is 17.9. The first-order chi connectivity index (χ1) is 13.4. The van der Waals surface area contributed by atoms with Gasteiger partial charge in [-0.05, 0) is 44.4 Å². The van der Waals surface area contributed by atoms with Crippen LogP contribution in [0, 0.1) is 13.8 Å². The first-order valence-electron chi connectivity index (χ1n) is 9.05. The van der Waals surface area contributed by atoms with E-state index in [4.69, 9.17) is 16.1 Å². The Kier molecular flexibility index (Phi) is 4.99. The average molecular weight is 418 g/mol. The number of sulfonamides is 1. The van der Waals surface area contributed by atoms with E-state index in [-0.39, 0.29) is 4.90 Å². The monoisotopic (exact) mass is 417 g/mol. The Morgan fingerprint density at radius 1 is 1.14 bits per heavy atom. The van der Waals surface area contributed by atoms with Crippen LogP contribution in [0.25, 0.3) is 11.4 Å². The number of benzene rings is 2. The lowest BCUT2D eigenvalue weighted by molar-refractivity contribution is 0.290. The van der Waals surface area contributed by atoms with Crippen LogP contribution in [-0.4, -0.2) is 29.4 Å². The first kappa shape index (κ1) is 19.1. The summed E-state index contributed by atoms with van der Waals surface area (Å²) in [5.74, 6) is 0.773. The molecule has 2 heterocycles. The van der Waals surface area contributed by atoms with E-state index in [0.717, 1.165) is 17.5 Å². The molecule has 0 bridgehead atoms. The van der Waals surface area contributed by atoms with Gasteiger partial charge in [0.1, 0.15) is 6.04 Å². The zero-order valence-corrected chi connectivity index (χ0v) is 17.2. The standard InChI is InChI=1S/C20H20ClN3O3S/c1-13-8-10-15(11-9-13)19-22-20(27-23-19)17-6-4-12-24(17)28(25,26)18-7-3-5-16(21)14(18)2/h3,5,7-11,17H,4,6,12H2,1-2H3. The lowest BCUT2D eigenvalue weighted by atomic mass is 10.1.